The van der Waals surface area contributed by atoms with Crippen LogP contribution in [-0.4, -0.2) is 7.05 Å². The van der Waals surface area contributed by atoms with E-state index in [1.807, 2.05) is 0 Å². The van der Waals surface area contributed by atoms with Gasteiger partial charge in [0.2, 0.25) is 0 Å². The van der Waals surface area contributed by atoms with Crippen molar-refractivity contribution in [3.05, 3.63) is 132 Å². The predicted molar refractivity (Wildman–Crippen MR) is 149 cm³/mol. The van der Waals surface area contributed by atoms with Gasteiger partial charge in [0.15, 0.2) is 0 Å². The molecule has 1 aliphatic rings. The van der Waals surface area contributed by atoms with Gasteiger partial charge in [-0.05, 0) is 63.2 Å². The van der Waals surface area contributed by atoms with E-state index in [1.165, 1.54) is 55.9 Å². The molecule has 0 N–H and O–H groups in total. The fourth-order valence-electron chi connectivity index (χ4n) is 5.53. The molecule has 0 atom stereocenters. The Hall–Kier alpha value is -4.10. The molecule has 170 valence electrons. The Morgan fingerprint density at radius 3 is 1.86 bits per heavy atom. The Labute approximate surface area is 208 Å². The van der Waals surface area contributed by atoms with Crippen molar-refractivity contribution in [2.45, 2.75) is 19.3 Å². The molecule has 0 aliphatic heterocycles. The van der Waals surface area contributed by atoms with E-state index in [4.69, 9.17) is 0 Å². The molecule has 0 fully saturated rings. The summed E-state index contributed by atoms with van der Waals surface area (Å²) in [6.45, 7) is 4.68. The van der Waals surface area contributed by atoms with Gasteiger partial charge in [-0.3, -0.25) is 0 Å². The summed E-state index contributed by atoms with van der Waals surface area (Å²) in [4.78, 5) is 2.33. The average Bonchev–Trinajstić information content (AvgIpc) is 3.15. The van der Waals surface area contributed by atoms with Gasteiger partial charge in [-0.2, -0.15) is 0 Å². The summed E-state index contributed by atoms with van der Waals surface area (Å²) in [7, 11) is 2.18. The van der Waals surface area contributed by atoms with Crippen molar-refractivity contribution in [2.75, 3.05) is 11.9 Å². The molecule has 6 rings (SSSR count). The Morgan fingerprint density at radius 1 is 0.486 bits per heavy atom. The predicted octanol–water partition coefficient (Wildman–Crippen LogP) is 9.09. The van der Waals surface area contributed by atoms with Crippen molar-refractivity contribution in [1.29, 1.82) is 0 Å². The lowest BCUT2D eigenvalue weighted by molar-refractivity contribution is 0.660. The fraction of sp³-hybridized carbons (Fsp3) is 0.118. The quantitative estimate of drug-likeness (QED) is 0.263. The maximum absolute atomic E-state index is 2.38. The lowest BCUT2D eigenvalue weighted by Crippen LogP contribution is -2.16. The molecule has 5 aromatic rings. The molecule has 0 saturated carbocycles. The highest BCUT2D eigenvalue weighted by Gasteiger charge is 2.35. The van der Waals surface area contributed by atoms with Gasteiger partial charge in [-0.25, -0.2) is 0 Å². The van der Waals surface area contributed by atoms with E-state index in [0.29, 0.717) is 0 Å². The van der Waals surface area contributed by atoms with Crippen molar-refractivity contribution < 1.29 is 0 Å². The first-order valence-electron chi connectivity index (χ1n) is 12.3. The number of hydrogen-bond acceptors (Lipinski definition) is 1. The molecule has 1 heteroatoms. The molecule has 0 amide bonds. The normalized spacial score (nSPS) is 13.2. The molecule has 0 radical (unpaired) electrons. The third-order valence-corrected chi connectivity index (χ3v) is 7.50. The topological polar surface area (TPSA) is 3.24 Å². The summed E-state index contributed by atoms with van der Waals surface area (Å²) < 4.78 is 0. The SMILES string of the molecule is CN(c1ccc2c(c1)C(C)(C)c1ccccc1-2)c1ccc(-c2ccccc2)cc1-c1ccccc1. The highest BCUT2D eigenvalue weighted by atomic mass is 15.1. The molecule has 0 bridgehead atoms. The zero-order chi connectivity index (χ0) is 24.0. The van der Waals surface area contributed by atoms with Crippen LogP contribution < -0.4 is 4.90 Å². The minimum atomic E-state index is -0.0117. The van der Waals surface area contributed by atoms with E-state index in [2.05, 4.69) is 147 Å². The summed E-state index contributed by atoms with van der Waals surface area (Å²) in [6.07, 6.45) is 0. The van der Waals surface area contributed by atoms with E-state index in [9.17, 15) is 0 Å². The maximum atomic E-state index is 2.38. The van der Waals surface area contributed by atoms with E-state index in [1.54, 1.807) is 0 Å². The van der Waals surface area contributed by atoms with Crippen molar-refractivity contribution in [3.8, 4) is 33.4 Å². The third kappa shape index (κ3) is 3.56. The molecule has 0 saturated heterocycles. The van der Waals surface area contributed by atoms with Crippen LogP contribution in [0.4, 0.5) is 11.4 Å². The van der Waals surface area contributed by atoms with Crippen LogP contribution in [0.2, 0.25) is 0 Å². The average molecular weight is 452 g/mol. The van der Waals surface area contributed by atoms with E-state index in [0.717, 1.165) is 0 Å². The Balaban J connectivity index is 1.47. The number of rotatable bonds is 4. The molecule has 1 aliphatic carbocycles. The molecular formula is C34H29N. The van der Waals surface area contributed by atoms with Crippen LogP contribution in [0, 0.1) is 0 Å². The van der Waals surface area contributed by atoms with E-state index < -0.39 is 0 Å². The first kappa shape index (κ1) is 21.4. The highest BCUT2D eigenvalue weighted by Crippen LogP contribution is 2.50. The van der Waals surface area contributed by atoms with Gasteiger partial charge in [0.05, 0.1) is 0 Å². The number of benzene rings is 5. The Bertz CT molecular complexity index is 1510. The van der Waals surface area contributed by atoms with Crippen LogP contribution in [0.15, 0.2) is 121 Å². The van der Waals surface area contributed by atoms with E-state index in [-0.39, 0.29) is 5.41 Å². The number of fused-ring (bicyclic) bond motifs is 3. The van der Waals surface area contributed by atoms with Crippen LogP contribution in [0.1, 0.15) is 25.0 Å². The minimum Gasteiger partial charge on any atom is -0.344 e. The molecule has 5 aromatic carbocycles. The molecule has 0 unspecified atom stereocenters. The van der Waals surface area contributed by atoms with Gasteiger partial charge in [0.25, 0.3) is 0 Å². The second kappa shape index (κ2) is 8.29. The summed E-state index contributed by atoms with van der Waals surface area (Å²) in [6, 6.07) is 43.9. The first-order chi connectivity index (χ1) is 17.0. The summed E-state index contributed by atoms with van der Waals surface area (Å²) in [5.41, 5.74) is 12.8. The second-order valence-corrected chi connectivity index (χ2v) is 9.92. The first-order valence-corrected chi connectivity index (χ1v) is 12.3. The number of anilines is 2. The van der Waals surface area contributed by atoms with Crippen LogP contribution in [0.3, 0.4) is 0 Å². The molecule has 0 spiro atoms. The summed E-state index contributed by atoms with van der Waals surface area (Å²) in [5, 5.41) is 0. The standard InChI is InChI=1S/C34H29N/c1-34(2)31-17-11-10-16-28(31)29-20-19-27(23-32(29)34)35(3)33-21-18-26(24-12-6-4-7-13-24)22-30(33)25-14-8-5-9-15-25/h4-23H,1-3H3. The molecule has 0 aromatic heterocycles. The van der Waals surface area contributed by atoms with Gasteiger partial charge in [0, 0.05) is 29.4 Å². The van der Waals surface area contributed by atoms with E-state index >= 15 is 0 Å². The van der Waals surface area contributed by atoms with Crippen LogP contribution in [-0.2, 0) is 5.41 Å². The Kier molecular flexibility index (Phi) is 5.07. The summed E-state index contributed by atoms with van der Waals surface area (Å²) >= 11 is 0. The smallest absolute Gasteiger partial charge is 0.0488 e. The molecule has 0 heterocycles. The molecule has 1 nitrogen and oxygen atoms in total. The van der Waals surface area contributed by atoms with Crippen LogP contribution in [0.5, 0.6) is 0 Å². The number of hydrogen-bond donors (Lipinski definition) is 0. The zero-order valence-electron chi connectivity index (χ0n) is 20.5. The van der Waals surface area contributed by atoms with Crippen LogP contribution in [0.25, 0.3) is 33.4 Å². The van der Waals surface area contributed by atoms with Gasteiger partial charge in [-0.1, -0.05) is 111 Å². The van der Waals surface area contributed by atoms with Gasteiger partial charge < -0.3 is 4.90 Å². The fourth-order valence-corrected chi connectivity index (χ4v) is 5.53. The van der Waals surface area contributed by atoms with Crippen molar-refractivity contribution in [3.63, 3.8) is 0 Å². The second-order valence-electron chi connectivity index (χ2n) is 9.92. The number of nitrogens with zero attached hydrogens (tertiary/aromatic N) is 1. The zero-order valence-corrected chi connectivity index (χ0v) is 20.5. The van der Waals surface area contributed by atoms with Crippen molar-refractivity contribution in [1.82, 2.24) is 0 Å². The van der Waals surface area contributed by atoms with Crippen LogP contribution >= 0.6 is 0 Å². The van der Waals surface area contributed by atoms with Gasteiger partial charge in [-0.15, -0.1) is 0 Å². The van der Waals surface area contributed by atoms with Gasteiger partial charge >= 0.3 is 0 Å². The summed E-state index contributed by atoms with van der Waals surface area (Å²) in [5.74, 6) is 0. The monoisotopic (exact) mass is 451 g/mol. The lowest BCUT2D eigenvalue weighted by Gasteiger charge is -2.27. The highest BCUT2D eigenvalue weighted by molar-refractivity contribution is 5.88. The largest absolute Gasteiger partial charge is 0.344 e. The van der Waals surface area contributed by atoms with Crippen molar-refractivity contribution >= 4 is 11.4 Å². The van der Waals surface area contributed by atoms with Gasteiger partial charge in [0.1, 0.15) is 0 Å². The third-order valence-electron chi connectivity index (χ3n) is 7.50. The molecule has 35 heavy (non-hydrogen) atoms. The molecular weight excluding hydrogens is 422 g/mol. The van der Waals surface area contributed by atoms with Crippen molar-refractivity contribution in [2.24, 2.45) is 0 Å². The Morgan fingerprint density at radius 2 is 1.11 bits per heavy atom. The maximum Gasteiger partial charge on any atom is 0.0488 e. The lowest BCUT2D eigenvalue weighted by atomic mass is 9.82. The minimum absolute atomic E-state index is 0.0117.